The van der Waals surface area contributed by atoms with E-state index in [4.69, 9.17) is 10.4 Å². The Labute approximate surface area is 183 Å². The van der Waals surface area contributed by atoms with Crippen LogP contribution in [0.3, 0.4) is 0 Å². The summed E-state index contributed by atoms with van der Waals surface area (Å²) in [7, 11) is 0. The van der Waals surface area contributed by atoms with Gasteiger partial charge in [-0.25, -0.2) is 0 Å². The van der Waals surface area contributed by atoms with Crippen molar-refractivity contribution in [2.45, 2.75) is 38.0 Å². The molecule has 150 valence electrons. The molecular weight excluding hydrogens is 442 g/mol. The molecule has 2 heterocycles. The van der Waals surface area contributed by atoms with Gasteiger partial charge in [0.15, 0.2) is 0 Å². The van der Waals surface area contributed by atoms with Crippen LogP contribution in [0.1, 0.15) is 41.3 Å². The lowest BCUT2D eigenvalue weighted by molar-refractivity contribution is 0.0667. The summed E-state index contributed by atoms with van der Waals surface area (Å²) >= 11 is 3.55. The Balaban J connectivity index is 1.63. The van der Waals surface area contributed by atoms with E-state index in [0.29, 0.717) is 18.5 Å². The van der Waals surface area contributed by atoms with Gasteiger partial charge in [0.05, 0.1) is 30.3 Å². The van der Waals surface area contributed by atoms with Crippen LogP contribution in [0.15, 0.2) is 59.2 Å². The van der Waals surface area contributed by atoms with E-state index in [2.05, 4.69) is 27.3 Å². The zero-order valence-corrected chi connectivity index (χ0v) is 17.8. The molecule has 2 aliphatic rings. The molecule has 0 saturated heterocycles. The molecule has 0 unspecified atom stereocenters. The third kappa shape index (κ3) is 3.37. The van der Waals surface area contributed by atoms with Gasteiger partial charge in [-0.15, -0.1) is 0 Å². The summed E-state index contributed by atoms with van der Waals surface area (Å²) in [5.74, 6) is 0.0572. The molecular formula is C23H20BrN5O. The molecule has 1 aliphatic carbocycles. The summed E-state index contributed by atoms with van der Waals surface area (Å²) in [5, 5.41) is 17.4. The second kappa shape index (κ2) is 7.62. The number of carbonyl (C=O) groups is 1. The number of benzene rings is 2. The number of rotatable bonds is 5. The van der Waals surface area contributed by atoms with Crippen LogP contribution in [-0.4, -0.2) is 26.6 Å². The number of para-hydroxylation sites is 1. The number of nitrogens with one attached hydrogen (secondary N) is 1. The number of nitriles is 1. The van der Waals surface area contributed by atoms with Crippen molar-refractivity contribution in [3.8, 4) is 17.3 Å². The number of aryl methyl sites for hydroxylation is 1. The van der Waals surface area contributed by atoms with E-state index in [1.54, 1.807) is 0 Å². The van der Waals surface area contributed by atoms with E-state index in [1.807, 2.05) is 64.3 Å². The highest BCUT2D eigenvalue weighted by Gasteiger charge is 2.43. The molecule has 1 N–H and O–H groups in total. The van der Waals surface area contributed by atoms with Gasteiger partial charge in [-0.1, -0.05) is 40.2 Å². The predicted molar refractivity (Wildman–Crippen MR) is 118 cm³/mol. The van der Waals surface area contributed by atoms with Crippen molar-refractivity contribution < 1.29 is 4.79 Å². The molecule has 2 aromatic carbocycles. The molecule has 1 aliphatic heterocycles. The van der Waals surface area contributed by atoms with Crippen LogP contribution in [0.2, 0.25) is 0 Å². The Kier molecular flexibility index (Phi) is 4.80. The van der Waals surface area contributed by atoms with Gasteiger partial charge in [0, 0.05) is 33.5 Å². The smallest absolute Gasteiger partial charge is 0.258 e. The Morgan fingerprint density at radius 3 is 2.80 bits per heavy atom. The highest BCUT2D eigenvalue weighted by atomic mass is 79.9. The van der Waals surface area contributed by atoms with E-state index in [0.717, 1.165) is 39.8 Å². The van der Waals surface area contributed by atoms with Crippen LogP contribution in [0, 0.1) is 11.3 Å². The van der Waals surface area contributed by atoms with E-state index in [9.17, 15) is 4.79 Å². The zero-order chi connectivity index (χ0) is 20.7. The normalized spacial score (nSPS) is 17.9. The van der Waals surface area contributed by atoms with Gasteiger partial charge in [0.2, 0.25) is 0 Å². The lowest BCUT2D eigenvalue weighted by Crippen LogP contribution is -2.44. The fraction of sp³-hybridized carbons (Fsp3) is 0.261. The quantitative estimate of drug-likeness (QED) is 0.582. The van der Waals surface area contributed by atoms with Crippen LogP contribution < -0.4 is 5.32 Å². The summed E-state index contributed by atoms with van der Waals surface area (Å²) in [6.45, 7) is 0.512. The lowest BCUT2D eigenvalue weighted by atomic mass is 10.0. The van der Waals surface area contributed by atoms with Crippen LogP contribution >= 0.6 is 15.9 Å². The molecule has 1 fully saturated rings. The van der Waals surface area contributed by atoms with Gasteiger partial charge in [-0.3, -0.25) is 9.48 Å². The van der Waals surface area contributed by atoms with Crippen molar-refractivity contribution >= 4 is 27.5 Å². The van der Waals surface area contributed by atoms with Crippen molar-refractivity contribution in [3.05, 3.63) is 70.3 Å². The van der Waals surface area contributed by atoms with Gasteiger partial charge in [-0.05, 0) is 37.1 Å². The molecule has 0 spiro atoms. The highest BCUT2D eigenvalue weighted by Crippen LogP contribution is 2.43. The van der Waals surface area contributed by atoms with Crippen LogP contribution in [0.4, 0.5) is 5.69 Å². The summed E-state index contributed by atoms with van der Waals surface area (Å²) in [6.07, 6.45) is 4.08. The molecule has 1 saturated carbocycles. The number of nitrogens with zero attached hydrogens (tertiary/aromatic N) is 4. The van der Waals surface area contributed by atoms with E-state index >= 15 is 0 Å². The average Bonchev–Trinajstić information content (AvgIpc) is 3.50. The van der Waals surface area contributed by atoms with Crippen molar-refractivity contribution in [3.63, 3.8) is 0 Å². The van der Waals surface area contributed by atoms with Crippen molar-refractivity contribution in [2.75, 3.05) is 5.32 Å². The fourth-order valence-corrected chi connectivity index (χ4v) is 4.40. The summed E-state index contributed by atoms with van der Waals surface area (Å²) in [5.41, 5.74) is 4.29. The molecule has 7 heteroatoms. The van der Waals surface area contributed by atoms with Crippen LogP contribution in [-0.2, 0) is 6.54 Å². The third-order valence-electron chi connectivity index (χ3n) is 5.54. The minimum Gasteiger partial charge on any atom is -0.361 e. The van der Waals surface area contributed by atoms with E-state index in [1.165, 1.54) is 0 Å². The molecule has 0 bridgehead atoms. The molecule has 1 aromatic heterocycles. The average molecular weight is 462 g/mol. The maximum atomic E-state index is 13.4. The molecule has 0 radical (unpaired) electrons. The SMILES string of the molecule is N#CCCn1cc([C@H]2Nc3ccccc3C(=O)N2C2CC2)c(-c2cccc(Br)c2)n1. The lowest BCUT2D eigenvalue weighted by Gasteiger charge is -2.38. The standard InChI is InChI=1S/C23H20BrN5O/c24-16-6-3-5-15(13-16)21-19(14-28(27-21)12-4-11-25)22-26-20-8-2-1-7-18(20)23(30)29(22)17-9-10-17/h1-3,5-8,13-14,17,22,26H,4,9-10,12H2/t22-/m0/s1. The van der Waals surface area contributed by atoms with Crippen molar-refractivity contribution in [1.82, 2.24) is 14.7 Å². The second-order valence-electron chi connectivity index (χ2n) is 7.65. The number of amides is 1. The van der Waals surface area contributed by atoms with Gasteiger partial charge >= 0.3 is 0 Å². The molecule has 5 rings (SSSR count). The van der Waals surface area contributed by atoms with E-state index < -0.39 is 0 Å². The number of fused-ring (bicyclic) bond motifs is 1. The Morgan fingerprint density at radius 1 is 1.20 bits per heavy atom. The number of carbonyl (C=O) groups excluding carboxylic acids is 1. The minimum atomic E-state index is -0.301. The van der Waals surface area contributed by atoms with Gasteiger partial charge < -0.3 is 10.2 Å². The molecule has 6 nitrogen and oxygen atoms in total. The maximum Gasteiger partial charge on any atom is 0.258 e. The number of halogens is 1. The maximum absolute atomic E-state index is 13.4. The zero-order valence-electron chi connectivity index (χ0n) is 16.3. The van der Waals surface area contributed by atoms with Gasteiger partial charge in [-0.2, -0.15) is 10.4 Å². The van der Waals surface area contributed by atoms with Crippen molar-refractivity contribution in [1.29, 1.82) is 5.26 Å². The summed E-state index contributed by atoms with van der Waals surface area (Å²) < 4.78 is 2.78. The number of aromatic nitrogens is 2. The first-order valence-corrected chi connectivity index (χ1v) is 10.8. The first-order chi connectivity index (χ1) is 14.7. The van der Waals surface area contributed by atoms with Crippen molar-refractivity contribution in [2.24, 2.45) is 0 Å². The predicted octanol–water partition coefficient (Wildman–Crippen LogP) is 4.96. The first kappa shape index (κ1) is 18.9. The fourth-order valence-electron chi connectivity index (χ4n) is 4.00. The second-order valence-corrected chi connectivity index (χ2v) is 8.57. The first-order valence-electron chi connectivity index (χ1n) is 10.0. The van der Waals surface area contributed by atoms with Crippen LogP contribution in [0.5, 0.6) is 0 Å². The Morgan fingerprint density at radius 2 is 2.03 bits per heavy atom. The number of hydrogen-bond acceptors (Lipinski definition) is 4. The highest BCUT2D eigenvalue weighted by molar-refractivity contribution is 9.10. The number of anilines is 1. The number of hydrogen-bond donors (Lipinski definition) is 1. The molecule has 3 aromatic rings. The van der Waals surface area contributed by atoms with Gasteiger partial charge in [0.25, 0.3) is 5.91 Å². The molecule has 1 atom stereocenters. The summed E-state index contributed by atoms with van der Waals surface area (Å²) in [4.78, 5) is 15.3. The minimum absolute atomic E-state index is 0.0572. The Bertz CT molecular complexity index is 1160. The van der Waals surface area contributed by atoms with Crippen LogP contribution in [0.25, 0.3) is 11.3 Å². The Hall–Kier alpha value is -3.11. The topological polar surface area (TPSA) is 74.0 Å². The molecule has 30 heavy (non-hydrogen) atoms. The largest absolute Gasteiger partial charge is 0.361 e. The third-order valence-corrected chi connectivity index (χ3v) is 6.03. The summed E-state index contributed by atoms with van der Waals surface area (Å²) in [6, 6.07) is 18.1. The van der Waals surface area contributed by atoms with E-state index in [-0.39, 0.29) is 18.1 Å². The monoisotopic (exact) mass is 461 g/mol. The molecule has 1 amide bonds. The van der Waals surface area contributed by atoms with Gasteiger partial charge in [0.1, 0.15) is 6.17 Å².